The second kappa shape index (κ2) is 3.67. The minimum Gasteiger partial charge on any atom is -0.504 e. The van der Waals surface area contributed by atoms with Gasteiger partial charge < -0.3 is 9.84 Å². The number of hydrogen-bond donors (Lipinski definition) is 1. The molecule has 74 valence electrons. The summed E-state index contributed by atoms with van der Waals surface area (Å²) in [6.07, 6.45) is 0. The van der Waals surface area contributed by atoms with E-state index in [0.717, 1.165) is 15.6 Å². The number of benzene rings is 1. The summed E-state index contributed by atoms with van der Waals surface area (Å²) in [7, 11) is 1.53. The normalized spacial score (nSPS) is 10.7. The smallest absolute Gasteiger partial charge is 0.166 e. The summed E-state index contributed by atoms with van der Waals surface area (Å²) in [6.45, 7) is 0. The molecule has 0 aliphatic carbocycles. The van der Waals surface area contributed by atoms with Crippen molar-refractivity contribution in [2.24, 2.45) is 0 Å². The van der Waals surface area contributed by atoms with E-state index in [-0.39, 0.29) is 5.75 Å². The molecule has 1 aromatic heterocycles. The molecule has 0 amide bonds. The highest BCUT2D eigenvalue weighted by molar-refractivity contribution is 7.17. The lowest BCUT2D eigenvalue weighted by Crippen LogP contribution is -1.87. The third kappa shape index (κ3) is 1.33. The third-order valence-electron chi connectivity index (χ3n) is 2.11. The van der Waals surface area contributed by atoms with Gasteiger partial charge in [0.15, 0.2) is 11.5 Å². The first-order valence-electron chi connectivity index (χ1n) is 4.10. The fourth-order valence-electron chi connectivity index (χ4n) is 1.42. The number of alkyl halides is 1. The number of fused-ring (bicyclic) bond motifs is 1. The molecule has 14 heavy (non-hydrogen) atoms. The van der Waals surface area contributed by atoms with Gasteiger partial charge >= 0.3 is 0 Å². The number of aromatic hydroxyl groups is 1. The maximum absolute atomic E-state index is 9.80. The van der Waals surface area contributed by atoms with Gasteiger partial charge in [-0.2, -0.15) is 0 Å². The summed E-state index contributed by atoms with van der Waals surface area (Å²) < 4.78 is 6.09. The van der Waals surface area contributed by atoms with Gasteiger partial charge in [0.25, 0.3) is 0 Å². The van der Waals surface area contributed by atoms with Crippen molar-refractivity contribution in [1.29, 1.82) is 0 Å². The van der Waals surface area contributed by atoms with Crippen molar-refractivity contribution in [3.8, 4) is 11.5 Å². The zero-order chi connectivity index (χ0) is 10.1. The fourth-order valence-corrected chi connectivity index (χ4v) is 2.63. The lowest BCUT2D eigenvalue weighted by Gasteiger charge is -2.07. The van der Waals surface area contributed by atoms with Crippen LogP contribution in [-0.2, 0) is 5.88 Å². The highest BCUT2D eigenvalue weighted by Gasteiger charge is 2.11. The Balaban J connectivity index is 2.80. The molecule has 4 heteroatoms. The summed E-state index contributed by atoms with van der Waals surface area (Å²) in [5.74, 6) is 1.09. The van der Waals surface area contributed by atoms with Crippen LogP contribution in [-0.4, -0.2) is 12.2 Å². The van der Waals surface area contributed by atoms with E-state index in [1.54, 1.807) is 17.4 Å². The maximum Gasteiger partial charge on any atom is 0.166 e. The lowest BCUT2D eigenvalue weighted by atomic mass is 10.1. The first-order chi connectivity index (χ1) is 6.77. The van der Waals surface area contributed by atoms with Crippen LogP contribution >= 0.6 is 22.9 Å². The van der Waals surface area contributed by atoms with Crippen LogP contribution in [0.15, 0.2) is 17.5 Å². The van der Waals surface area contributed by atoms with Gasteiger partial charge in [-0.05, 0) is 23.1 Å². The van der Waals surface area contributed by atoms with E-state index >= 15 is 0 Å². The second-order valence-corrected chi connectivity index (χ2v) is 4.07. The van der Waals surface area contributed by atoms with Crippen molar-refractivity contribution in [3.63, 3.8) is 0 Å². The maximum atomic E-state index is 9.80. The molecular formula is C10H9ClO2S. The second-order valence-electron chi connectivity index (χ2n) is 2.88. The molecule has 2 nitrogen and oxygen atoms in total. The molecule has 1 heterocycles. The van der Waals surface area contributed by atoms with Gasteiger partial charge in [-0.15, -0.1) is 22.9 Å². The standard InChI is InChI=1S/C10H9ClO2S/c1-13-8-4-6(5-11)10-7(9(8)12)2-3-14-10/h2-4,12H,5H2,1H3. The highest BCUT2D eigenvalue weighted by atomic mass is 35.5. The largest absolute Gasteiger partial charge is 0.504 e. The van der Waals surface area contributed by atoms with Crippen LogP contribution in [0, 0.1) is 0 Å². The molecule has 0 saturated carbocycles. The molecule has 1 N–H and O–H groups in total. The SMILES string of the molecule is COc1cc(CCl)c2sccc2c1O. The van der Waals surface area contributed by atoms with Crippen molar-refractivity contribution < 1.29 is 9.84 Å². The van der Waals surface area contributed by atoms with Crippen LogP contribution < -0.4 is 4.74 Å². The van der Waals surface area contributed by atoms with Gasteiger partial charge in [0.05, 0.1) is 7.11 Å². The Morgan fingerprint density at radius 3 is 3.00 bits per heavy atom. The molecule has 0 saturated heterocycles. The number of phenolic OH excluding ortho intramolecular Hbond substituents is 1. The summed E-state index contributed by atoms with van der Waals surface area (Å²) in [4.78, 5) is 0. The minimum atomic E-state index is 0.192. The molecule has 0 aliphatic heterocycles. The van der Waals surface area contributed by atoms with Gasteiger partial charge in [-0.25, -0.2) is 0 Å². The van der Waals surface area contributed by atoms with Crippen molar-refractivity contribution >= 4 is 33.0 Å². The first-order valence-corrected chi connectivity index (χ1v) is 5.51. The zero-order valence-electron chi connectivity index (χ0n) is 7.58. The molecule has 2 aromatic rings. The van der Waals surface area contributed by atoms with E-state index in [1.807, 2.05) is 11.4 Å². The number of thiophene rings is 1. The van der Waals surface area contributed by atoms with Crippen molar-refractivity contribution in [1.82, 2.24) is 0 Å². The number of hydrogen-bond acceptors (Lipinski definition) is 3. The molecule has 1 aromatic carbocycles. The molecule has 0 aliphatic rings. The first kappa shape index (κ1) is 9.62. The van der Waals surface area contributed by atoms with E-state index in [1.165, 1.54) is 7.11 Å². The molecule has 0 fully saturated rings. The van der Waals surface area contributed by atoms with Crippen LogP contribution in [0.5, 0.6) is 11.5 Å². The van der Waals surface area contributed by atoms with Crippen LogP contribution in [0.25, 0.3) is 10.1 Å². The molecule has 0 spiro atoms. The summed E-state index contributed by atoms with van der Waals surface area (Å²) >= 11 is 7.39. The van der Waals surface area contributed by atoms with E-state index in [9.17, 15) is 5.11 Å². The number of methoxy groups -OCH3 is 1. The molecule has 0 radical (unpaired) electrons. The van der Waals surface area contributed by atoms with E-state index in [0.29, 0.717) is 11.6 Å². The number of halogens is 1. The number of phenols is 1. The van der Waals surface area contributed by atoms with Gasteiger partial charge in [0, 0.05) is 16.0 Å². The van der Waals surface area contributed by atoms with Gasteiger partial charge in [0.1, 0.15) is 0 Å². The Morgan fingerprint density at radius 1 is 1.57 bits per heavy atom. The topological polar surface area (TPSA) is 29.5 Å². The number of rotatable bonds is 2. The molecular weight excluding hydrogens is 220 g/mol. The predicted molar refractivity (Wildman–Crippen MR) is 59.6 cm³/mol. The van der Waals surface area contributed by atoms with Crippen molar-refractivity contribution in [2.75, 3.05) is 7.11 Å². The Hall–Kier alpha value is -0.930. The van der Waals surface area contributed by atoms with E-state index < -0.39 is 0 Å². The van der Waals surface area contributed by atoms with Gasteiger partial charge in [0.2, 0.25) is 0 Å². The average Bonchev–Trinajstić information content (AvgIpc) is 2.68. The Bertz CT molecular complexity index is 464. The predicted octanol–water partition coefficient (Wildman–Crippen LogP) is 3.35. The zero-order valence-corrected chi connectivity index (χ0v) is 9.15. The van der Waals surface area contributed by atoms with Crippen molar-refractivity contribution in [3.05, 3.63) is 23.1 Å². The summed E-state index contributed by atoms with van der Waals surface area (Å²) in [5, 5.41) is 12.5. The third-order valence-corrected chi connectivity index (χ3v) is 3.39. The van der Waals surface area contributed by atoms with Crippen LogP contribution in [0.3, 0.4) is 0 Å². The molecule has 2 rings (SSSR count). The Labute approximate surface area is 90.7 Å². The monoisotopic (exact) mass is 228 g/mol. The summed E-state index contributed by atoms with van der Waals surface area (Å²) in [6, 6.07) is 3.65. The Morgan fingerprint density at radius 2 is 2.36 bits per heavy atom. The van der Waals surface area contributed by atoms with Crippen molar-refractivity contribution in [2.45, 2.75) is 5.88 Å². The average molecular weight is 229 g/mol. The highest BCUT2D eigenvalue weighted by Crippen LogP contribution is 2.39. The molecule has 0 bridgehead atoms. The van der Waals surface area contributed by atoms with E-state index in [4.69, 9.17) is 16.3 Å². The molecule has 0 unspecified atom stereocenters. The van der Waals surface area contributed by atoms with Crippen LogP contribution in [0.1, 0.15) is 5.56 Å². The van der Waals surface area contributed by atoms with Gasteiger partial charge in [-0.1, -0.05) is 0 Å². The van der Waals surface area contributed by atoms with Crippen LogP contribution in [0.2, 0.25) is 0 Å². The van der Waals surface area contributed by atoms with Gasteiger partial charge in [-0.3, -0.25) is 0 Å². The lowest BCUT2D eigenvalue weighted by molar-refractivity contribution is 0.376. The van der Waals surface area contributed by atoms with E-state index in [2.05, 4.69) is 0 Å². The number of ether oxygens (including phenoxy) is 1. The Kier molecular flexibility index (Phi) is 2.52. The minimum absolute atomic E-state index is 0.192. The quantitative estimate of drug-likeness (QED) is 0.799. The van der Waals surface area contributed by atoms with Crippen LogP contribution in [0.4, 0.5) is 0 Å². The summed E-state index contributed by atoms with van der Waals surface area (Å²) in [5.41, 5.74) is 0.992. The molecule has 0 atom stereocenters. The fraction of sp³-hybridized carbons (Fsp3) is 0.200.